The first kappa shape index (κ1) is 10.8. The van der Waals surface area contributed by atoms with Gasteiger partial charge in [-0.15, -0.1) is 0 Å². The maximum absolute atomic E-state index is 11.9. The molecule has 0 saturated carbocycles. The van der Waals surface area contributed by atoms with Gasteiger partial charge in [0.1, 0.15) is 6.33 Å². The Bertz CT molecular complexity index is 303. The number of nitrogens with zero attached hydrogens (tertiary/aromatic N) is 3. The van der Waals surface area contributed by atoms with E-state index in [1.165, 1.54) is 10.9 Å². The second-order valence-corrected chi connectivity index (χ2v) is 3.98. The molecule has 0 radical (unpaired) electrons. The Morgan fingerprint density at radius 3 is 2.64 bits per heavy atom. The van der Waals surface area contributed by atoms with E-state index in [0.717, 1.165) is 6.42 Å². The summed E-state index contributed by atoms with van der Waals surface area (Å²) in [6, 6.07) is -0.0469. The summed E-state index contributed by atoms with van der Waals surface area (Å²) in [6.45, 7) is 6.15. The second-order valence-electron chi connectivity index (χ2n) is 3.98. The summed E-state index contributed by atoms with van der Waals surface area (Å²) in [5, 5.41) is 0. The van der Waals surface area contributed by atoms with Crippen LogP contribution in [0.1, 0.15) is 27.2 Å². The maximum atomic E-state index is 11.9. The molecule has 1 aromatic heterocycles. The summed E-state index contributed by atoms with van der Waals surface area (Å²) in [6.07, 6.45) is 5.70. The van der Waals surface area contributed by atoms with Gasteiger partial charge in [0, 0.05) is 25.0 Å². The van der Waals surface area contributed by atoms with E-state index in [0.29, 0.717) is 0 Å². The van der Waals surface area contributed by atoms with Gasteiger partial charge >= 0.3 is 6.03 Å². The van der Waals surface area contributed by atoms with Crippen LogP contribution < -0.4 is 0 Å². The van der Waals surface area contributed by atoms with Crippen molar-refractivity contribution in [2.45, 2.75) is 32.7 Å². The predicted octanol–water partition coefficient (Wildman–Crippen LogP) is 1.97. The molecule has 0 N–H and O–H groups in total. The van der Waals surface area contributed by atoms with Crippen molar-refractivity contribution in [2.24, 2.45) is 0 Å². The van der Waals surface area contributed by atoms with Crippen molar-refractivity contribution in [2.75, 3.05) is 7.05 Å². The molecule has 0 bridgehead atoms. The number of hydrogen-bond acceptors (Lipinski definition) is 2. The third kappa shape index (κ3) is 1.95. The van der Waals surface area contributed by atoms with Crippen LogP contribution in [0.3, 0.4) is 0 Å². The Balaban J connectivity index is 2.81. The molecule has 0 unspecified atom stereocenters. The molecule has 4 nitrogen and oxygen atoms in total. The topological polar surface area (TPSA) is 38.1 Å². The van der Waals surface area contributed by atoms with Gasteiger partial charge < -0.3 is 4.90 Å². The lowest BCUT2D eigenvalue weighted by Gasteiger charge is -2.34. The average Bonchev–Trinajstić information content (AvgIpc) is 2.68. The molecule has 4 heteroatoms. The number of imidazole rings is 1. The molecule has 1 rings (SSSR count). The monoisotopic (exact) mass is 195 g/mol. The Morgan fingerprint density at radius 2 is 2.21 bits per heavy atom. The number of rotatable bonds is 2. The first-order valence-electron chi connectivity index (χ1n) is 4.75. The second kappa shape index (κ2) is 3.82. The third-order valence-corrected chi connectivity index (χ3v) is 2.79. The van der Waals surface area contributed by atoms with Crippen LogP contribution in [0, 0.1) is 0 Å². The van der Waals surface area contributed by atoms with Gasteiger partial charge in [0.25, 0.3) is 0 Å². The van der Waals surface area contributed by atoms with Crippen LogP contribution >= 0.6 is 0 Å². The molecule has 14 heavy (non-hydrogen) atoms. The van der Waals surface area contributed by atoms with Gasteiger partial charge in [-0.1, -0.05) is 6.92 Å². The largest absolute Gasteiger partial charge is 0.329 e. The number of carbonyl (C=O) groups is 1. The van der Waals surface area contributed by atoms with E-state index >= 15 is 0 Å². The molecule has 0 spiro atoms. The van der Waals surface area contributed by atoms with Crippen molar-refractivity contribution in [3.05, 3.63) is 18.7 Å². The molecule has 0 aliphatic carbocycles. The Kier molecular flexibility index (Phi) is 2.93. The highest BCUT2D eigenvalue weighted by atomic mass is 16.2. The van der Waals surface area contributed by atoms with Gasteiger partial charge in [-0.05, 0) is 20.3 Å². The first-order valence-corrected chi connectivity index (χ1v) is 4.75. The molecule has 78 valence electrons. The van der Waals surface area contributed by atoms with E-state index in [4.69, 9.17) is 0 Å². The highest BCUT2D eigenvalue weighted by molar-refractivity contribution is 5.77. The van der Waals surface area contributed by atoms with Crippen molar-refractivity contribution in [1.29, 1.82) is 0 Å². The van der Waals surface area contributed by atoms with Gasteiger partial charge in [-0.25, -0.2) is 9.78 Å². The molecular weight excluding hydrogens is 178 g/mol. The van der Waals surface area contributed by atoms with Gasteiger partial charge in [-0.3, -0.25) is 4.57 Å². The van der Waals surface area contributed by atoms with E-state index in [1.807, 2.05) is 20.9 Å². The van der Waals surface area contributed by atoms with Crippen molar-refractivity contribution < 1.29 is 4.79 Å². The van der Waals surface area contributed by atoms with E-state index < -0.39 is 0 Å². The normalized spacial score (nSPS) is 11.4. The predicted molar refractivity (Wildman–Crippen MR) is 55.2 cm³/mol. The molecule has 0 saturated heterocycles. The fraction of sp³-hybridized carbons (Fsp3) is 0.600. The van der Waals surface area contributed by atoms with Crippen LogP contribution in [0.4, 0.5) is 4.79 Å². The van der Waals surface area contributed by atoms with E-state index in [1.54, 1.807) is 17.3 Å². The van der Waals surface area contributed by atoms with Crippen LogP contribution in [-0.4, -0.2) is 33.1 Å². The van der Waals surface area contributed by atoms with E-state index in [-0.39, 0.29) is 11.6 Å². The van der Waals surface area contributed by atoms with E-state index in [9.17, 15) is 4.79 Å². The van der Waals surface area contributed by atoms with Crippen molar-refractivity contribution in [1.82, 2.24) is 14.5 Å². The minimum Gasteiger partial charge on any atom is -0.322 e. The standard InChI is InChI=1S/C10H17N3O/c1-5-10(2,3)12(4)9(14)13-7-6-11-8-13/h6-8H,5H2,1-4H3. The molecule has 1 heterocycles. The molecule has 0 aliphatic rings. The quantitative estimate of drug-likeness (QED) is 0.723. The summed E-state index contributed by atoms with van der Waals surface area (Å²) in [5.74, 6) is 0. The van der Waals surface area contributed by atoms with Crippen LogP contribution in [0.25, 0.3) is 0 Å². The van der Waals surface area contributed by atoms with Crippen LogP contribution in [0.15, 0.2) is 18.7 Å². The highest BCUT2D eigenvalue weighted by Crippen LogP contribution is 2.17. The molecule has 1 aromatic rings. The third-order valence-electron chi connectivity index (χ3n) is 2.79. The van der Waals surface area contributed by atoms with Gasteiger partial charge in [0.15, 0.2) is 0 Å². The minimum atomic E-state index is -0.124. The Morgan fingerprint density at radius 1 is 1.57 bits per heavy atom. The van der Waals surface area contributed by atoms with Crippen molar-refractivity contribution in [3.63, 3.8) is 0 Å². The number of carbonyl (C=O) groups excluding carboxylic acids is 1. The molecule has 0 atom stereocenters. The molecule has 0 fully saturated rings. The van der Waals surface area contributed by atoms with Crippen molar-refractivity contribution >= 4 is 6.03 Å². The first-order chi connectivity index (χ1) is 6.49. The molecular formula is C10H17N3O. The zero-order chi connectivity index (χ0) is 10.8. The fourth-order valence-electron chi connectivity index (χ4n) is 1.04. The Hall–Kier alpha value is -1.32. The maximum Gasteiger partial charge on any atom is 0.329 e. The summed E-state index contributed by atoms with van der Waals surface area (Å²) in [4.78, 5) is 17.4. The summed E-state index contributed by atoms with van der Waals surface area (Å²) >= 11 is 0. The highest BCUT2D eigenvalue weighted by Gasteiger charge is 2.26. The number of hydrogen-bond donors (Lipinski definition) is 0. The van der Waals surface area contributed by atoms with Crippen LogP contribution in [-0.2, 0) is 0 Å². The molecule has 1 amide bonds. The summed E-state index contributed by atoms with van der Waals surface area (Å²) in [7, 11) is 1.81. The van der Waals surface area contributed by atoms with Crippen molar-refractivity contribution in [3.8, 4) is 0 Å². The summed E-state index contributed by atoms with van der Waals surface area (Å²) in [5.41, 5.74) is -0.124. The lowest BCUT2D eigenvalue weighted by atomic mass is 10.0. The Labute approximate surface area is 84.5 Å². The van der Waals surface area contributed by atoms with Gasteiger partial charge in [0.2, 0.25) is 0 Å². The SMILES string of the molecule is CCC(C)(C)N(C)C(=O)n1ccnc1. The molecule has 0 aliphatic heterocycles. The number of aromatic nitrogens is 2. The lowest BCUT2D eigenvalue weighted by molar-refractivity contribution is 0.154. The summed E-state index contributed by atoms with van der Waals surface area (Å²) < 4.78 is 1.48. The van der Waals surface area contributed by atoms with Gasteiger partial charge in [0.05, 0.1) is 0 Å². The number of amides is 1. The van der Waals surface area contributed by atoms with Gasteiger partial charge in [-0.2, -0.15) is 0 Å². The minimum absolute atomic E-state index is 0.0469. The fourth-order valence-corrected chi connectivity index (χ4v) is 1.04. The average molecular weight is 195 g/mol. The molecule has 0 aromatic carbocycles. The van der Waals surface area contributed by atoms with E-state index in [2.05, 4.69) is 11.9 Å². The zero-order valence-corrected chi connectivity index (χ0v) is 9.19. The van der Waals surface area contributed by atoms with Crippen LogP contribution in [0.2, 0.25) is 0 Å². The lowest BCUT2D eigenvalue weighted by Crippen LogP contribution is -2.46. The zero-order valence-electron chi connectivity index (χ0n) is 9.19. The van der Waals surface area contributed by atoms with Crippen LogP contribution in [0.5, 0.6) is 0 Å². The smallest absolute Gasteiger partial charge is 0.322 e.